The molecule has 22 heavy (non-hydrogen) atoms. The van der Waals surface area contributed by atoms with Crippen LogP contribution in [0, 0.1) is 0 Å². The molecular formula is C17H24N3S2+. The fourth-order valence-corrected chi connectivity index (χ4v) is 3.43. The molecule has 0 aliphatic rings. The molecule has 0 saturated heterocycles. The zero-order valence-corrected chi connectivity index (χ0v) is 15.0. The molecule has 0 aliphatic carbocycles. The van der Waals surface area contributed by atoms with Crippen LogP contribution >= 0.6 is 23.6 Å². The Morgan fingerprint density at radius 2 is 1.95 bits per heavy atom. The predicted octanol–water partition coefficient (Wildman–Crippen LogP) is 2.48. The third-order valence-electron chi connectivity index (χ3n) is 3.67. The average Bonchev–Trinajstić information content (AvgIpc) is 3.02. The van der Waals surface area contributed by atoms with E-state index in [0.29, 0.717) is 11.2 Å². The van der Waals surface area contributed by atoms with Crippen molar-refractivity contribution < 1.29 is 4.90 Å². The number of thiocarbonyl (C=S) groups is 1. The summed E-state index contributed by atoms with van der Waals surface area (Å²) in [7, 11) is 4.35. The van der Waals surface area contributed by atoms with Crippen LogP contribution in [0.3, 0.4) is 0 Å². The maximum Gasteiger partial charge on any atom is 0.171 e. The average molecular weight is 335 g/mol. The summed E-state index contributed by atoms with van der Waals surface area (Å²) in [5.74, 6) is 0. The Labute approximate surface area is 142 Å². The Hall–Kier alpha value is -1.43. The molecule has 1 atom stereocenters. The van der Waals surface area contributed by atoms with E-state index in [1.807, 2.05) is 0 Å². The fraction of sp³-hybridized carbons (Fsp3) is 0.353. The van der Waals surface area contributed by atoms with E-state index < -0.39 is 0 Å². The third-order valence-corrected chi connectivity index (χ3v) is 4.90. The normalized spacial score (nSPS) is 12.2. The van der Waals surface area contributed by atoms with Crippen LogP contribution in [-0.2, 0) is 6.42 Å². The van der Waals surface area contributed by atoms with Gasteiger partial charge in [-0.05, 0) is 47.8 Å². The van der Waals surface area contributed by atoms with E-state index in [2.05, 4.69) is 73.4 Å². The zero-order valence-electron chi connectivity index (χ0n) is 13.3. The number of hydrogen-bond acceptors (Lipinski definition) is 2. The Morgan fingerprint density at radius 1 is 1.23 bits per heavy atom. The molecule has 5 heteroatoms. The van der Waals surface area contributed by atoms with Gasteiger partial charge in [-0.1, -0.05) is 25.1 Å². The van der Waals surface area contributed by atoms with Crippen molar-refractivity contribution in [2.75, 3.05) is 26.0 Å². The first kappa shape index (κ1) is 16.9. The first-order valence-corrected chi connectivity index (χ1v) is 8.86. The van der Waals surface area contributed by atoms with Crippen molar-refractivity contribution in [3.8, 4) is 0 Å². The van der Waals surface area contributed by atoms with E-state index in [1.54, 1.807) is 11.3 Å². The van der Waals surface area contributed by atoms with Gasteiger partial charge in [0.15, 0.2) is 5.11 Å². The van der Waals surface area contributed by atoms with Crippen molar-refractivity contribution >= 4 is 34.4 Å². The summed E-state index contributed by atoms with van der Waals surface area (Å²) in [6, 6.07) is 13.1. The second-order valence-electron chi connectivity index (χ2n) is 5.53. The van der Waals surface area contributed by atoms with Gasteiger partial charge < -0.3 is 15.5 Å². The highest BCUT2D eigenvalue weighted by atomic mass is 32.1. The van der Waals surface area contributed by atoms with Gasteiger partial charge in [-0.15, -0.1) is 11.3 Å². The molecule has 0 aliphatic heterocycles. The van der Waals surface area contributed by atoms with Crippen LogP contribution in [0.2, 0.25) is 0 Å². The summed E-state index contributed by atoms with van der Waals surface area (Å²) in [6.07, 6.45) is 1.05. The largest absolute Gasteiger partial charge is 0.356 e. The standard InChI is InChI=1S/C17H23N3S2/c1-4-13-7-9-14(10-8-13)19-17(21)18-12-15(20(2)3)16-6-5-11-22-16/h5-11,15H,4,12H2,1-3H3,(H2,18,19,21)/p+1/t15-/m0/s1. The lowest BCUT2D eigenvalue weighted by Crippen LogP contribution is -3.06. The molecule has 1 heterocycles. The van der Waals surface area contributed by atoms with Gasteiger partial charge in [0.2, 0.25) is 0 Å². The summed E-state index contributed by atoms with van der Waals surface area (Å²) in [5, 5.41) is 9.38. The van der Waals surface area contributed by atoms with Gasteiger partial charge in [0, 0.05) is 5.69 Å². The summed E-state index contributed by atoms with van der Waals surface area (Å²) >= 11 is 7.20. The summed E-state index contributed by atoms with van der Waals surface area (Å²) in [6.45, 7) is 2.98. The first-order valence-electron chi connectivity index (χ1n) is 7.57. The fourth-order valence-electron chi connectivity index (χ4n) is 2.27. The Kier molecular flexibility index (Phi) is 6.36. The van der Waals surface area contributed by atoms with Gasteiger partial charge in [0.25, 0.3) is 0 Å². The third kappa shape index (κ3) is 4.80. The molecule has 0 unspecified atom stereocenters. The highest BCUT2D eigenvalue weighted by Gasteiger charge is 2.18. The molecule has 1 aromatic carbocycles. The minimum atomic E-state index is 0.405. The molecule has 3 nitrogen and oxygen atoms in total. The monoisotopic (exact) mass is 334 g/mol. The van der Waals surface area contributed by atoms with E-state index >= 15 is 0 Å². The number of rotatable bonds is 6. The maximum atomic E-state index is 5.40. The van der Waals surface area contributed by atoms with Crippen molar-refractivity contribution in [2.45, 2.75) is 19.4 Å². The van der Waals surface area contributed by atoms with Crippen LogP contribution in [-0.4, -0.2) is 25.8 Å². The van der Waals surface area contributed by atoms with Gasteiger partial charge in [0.1, 0.15) is 6.04 Å². The Bertz CT molecular complexity index is 576. The lowest BCUT2D eigenvalue weighted by Gasteiger charge is -2.21. The molecule has 3 N–H and O–H groups in total. The minimum Gasteiger partial charge on any atom is -0.356 e. The molecule has 0 bridgehead atoms. The van der Waals surface area contributed by atoms with E-state index in [1.165, 1.54) is 15.3 Å². The lowest BCUT2D eigenvalue weighted by molar-refractivity contribution is -0.890. The van der Waals surface area contributed by atoms with Gasteiger partial charge in [-0.2, -0.15) is 0 Å². The maximum absolute atomic E-state index is 5.40. The van der Waals surface area contributed by atoms with E-state index in [4.69, 9.17) is 12.2 Å². The van der Waals surface area contributed by atoms with Gasteiger partial charge >= 0.3 is 0 Å². The van der Waals surface area contributed by atoms with E-state index in [-0.39, 0.29) is 0 Å². The minimum absolute atomic E-state index is 0.405. The number of thiophene rings is 1. The molecule has 1 aromatic heterocycles. The van der Waals surface area contributed by atoms with Crippen molar-refractivity contribution in [1.29, 1.82) is 0 Å². The Balaban J connectivity index is 1.88. The predicted molar refractivity (Wildman–Crippen MR) is 99.9 cm³/mol. The zero-order chi connectivity index (χ0) is 15.9. The van der Waals surface area contributed by atoms with Crippen LogP contribution in [0.4, 0.5) is 5.69 Å². The van der Waals surface area contributed by atoms with Gasteiger partial charge in [-0.25, -0.2) is 0 Å². The second kappa shape index (κ2) is 8.27. The molecule has 0 radical (unpaired) electrons. The summed E-state index contributed by atoms with van der Waals surface area (Å²) in [4.78, 5) is 2.77. The molecule has 2 aromatic rings. The number of benzene rings is 1. The molecule has 0 saturated carbocycles. The highest BCUT2D eigenvalue weighted by Crippen LogP contribution is 2.15. The van der Waals surface area contributed by atoms with E-state index in [9.17, 15) is 0 Å². The SMILES string of the molecule is CCc1ccc(NC(=S)NC[C@@H](c2cccs2)[NH+](C)C)cc1. The van der Waals surface area contributed by atoms with Crippen LogP contribution in [0.15, 0.2) is 41.8 Å². The number of quaternary nitrogens is 1. The van der Waals surface area contributed by atoms with Gasteiger partial charge in [0.05, 0.1) is 25.5 Å². The number of likely N-dealkylation sites (N-methyl/N-ethyl adjacent to an activating group) is 1. The lowest BCUT2D eigenvalue weighted by atomic mass is 10.1. The van der Waals surface area contributed by atoms with Gasteiger partial charge in [-0.3, -0.25) is 0 Å². The quantitative estimate of drug-likeness (QED) is 0.709. The first-order chi connectivity index (χ1) is 10.6. The van der Waals surface area contributed by atoms with Crippen molar-refractivity contribution in [3.63, 3.8) is 0 Å². The van der Waals surface area contributed by atoms with Crippen LogP contribution in [0.25, 0.3) is 0 Å². The van der Waals surface area contributed by atoms with Crippen molar-refractivity contribution in [2.24, 2.45) is 0 Å². The molecule has 118 valence electrons. The van der Waals surface area contributed by atoms with Crippen LogP contribution in [0.5, 0.6) is 0 Å². The van der Waals surface area contributed by atoms with Crippen LogP contribution < -0.4 is 15.5 Å². The van der Waals surface area contributed by atoms with Crippen molar-refractivity contribution in [1.82, 2.24) is 5.32 Å². The number of aryl methyl sites for hydroxylation is 1. The van der Waals surface area contributed by atoms with Crippen molar-refractivity contribution in [3.05, 3.63) is 52.2 Å². The number of anilines is 1. The molecular weight excluding hydrogens is 310 g/mol. The topological polar surface area (TPSA) is 28.5 Å². The Morgan fingerprint density at radius 3 is 2.50 bits per heavy atom. The summed E-state index contributed by atoms with van der Waals surface area (Å²) in [5.41, 5.74) is 2.36. The second-order valence-corrected chi connectivity index (χ2v) is 6.92. The van der Waals surface area contributed by atoms with E-state index in [0.717, 1.165) is 18.7 Å². The van der Waals surface area contributed by atoms with Crippen LogP contribution in [0.1, 0.15) is 23.4 Å². The smallest absolute Gasteiger partial charge is 0.171 e. The number of hydrogen-bond donors (Lipinski definition) is 3. The number of nitrogens with one attached hydrogen (secondary N) is 3. The molecule has 0 fully saturated rings. The highest BCUT2D eigenvalue weighted by molar-refractivity contribution is 7.80. The molecule has 2 rings (SSSR count). The molecule has 0 spiro atoms. The summed E-state index contributed by atoms with van der Waals surface area (Å²) < 4.78 is 0. The molecule has 0 amide bonds.